The Labute approximate surface area is 118 Å². The first-order valence-electron chi connectivity index (χ1n) is 6.77. The average Bonchev–Trinajstić information content (AvgIpc) is 2.29. The summed E-state index contributed by atoms with van der Waals surface area (Å²) < 4.78 is 48.3. The molecule has 0 saturated heterocycles. The first kappa shape index (κ1) is 20.3. The molecule has 0 rings (SSSR count). The van der Waals surface area contributed by atoms with E-state index >= 15 is 0 Å². The van der Waals surface area contributed by atoms with Crippen molar-refractivity contribution in [2.24, 2.45) is 0 Å². The summed E-state index contributed by atoms with van der Waals surface area (Å²) in [6, 6.07) is 0. The summed E-state index contributed by atoms with van der Waals surface area (Å²) in [6.45, 7) is 8.03. The first-order valence-corrected chi connectivity index (χ1v) is 13.0. The van der Waals surface area contributed by atoms with Gasteiger partial charge in [0.1, 0.15) is 0 Å². The van der Waals surface area contributed by atoms with Gasteiger partial charge < -0.3 is 0 Å². The molecule has 0 aromatic rings. The molecular formula is C12H25O8Ti. The van der Waals surface area contributed by atoms with Gasteiger partial charge in [-0.25, -0.2) is 0 Å². The van der Waals surface area contributed by atoms with Crippen LogP contribution in [-0.2, 0) is 28.3 Å². The van der Waals surface area contributed by atoms with E-state index in [1.807, 2.05) is 6.92 Å². The Morgan fingerprint density at radius 3 is 1.95 bits per heavy atom. The molecule has 0 bridgehead atoms. The average molecular weight is 345 g/mol. The molecule has 0 aromatic heterocycles. The van der Waals surface area contributed by atoms with Gasteiger partial charge in [-0.2, -0.15) is 0 Å². The summed E-state index contributed by atoms with van der Waals surface area (Å²) in [4.78, 5) is 11.7. The third kappa shape index (κ3) is 4.37. The minimum atomic E-state index is -10.2. The second-order valence-electron chi connectivity index (χ2n) is 6.44. The number of unbranched alkanes of at least 4 members (excludes halogenated alkanes) is 2. The maximum absolute atomic E-state index is 13.0. The van der Waals surface area contributed by atoms with Crippen molar-refractivity contribution < 1.29 is 44.6 Å². The van der Waals surface area contributed by atoms with Crippen LogP contribution in [0.3, 0.4) is 0 Å². The van der Waals surface area contributed by atoms with E-state index in [1.165, 1.54) is 0 Å². The van der Waals surface area contributed by atoms with Crippen molar-refractivity contribution in [1.29, 1.82) is 0 Å². The van der Waals surface area contributed by atoms with E-state index in [0.29, 0.717) is 18.6 Å². The van der Waals surface area contributed by atoms with Gasteiger partial charge in [0.05, 0.1) is 0 Å². The monoisotopic (exact) mass is 345 g/mol. The Balaban J connectivity index is 6.02. The standard InChI is InChI=1S/C6H12O2.2C3H5.H2O2.3H2O.O.Ti/c1-2-3-4-5-6(7)8;2*1-3-2;1-2;;;;;/h2-5H2,1H3,(H,7,8);2*3H,1-2H2;1-2H;3*1H2;;/q;;;;;;;;+5/p-5. The maximum atomic E-state index is 13.0. The third-order valence-electron chi connectivity index (χ3n) is 3.41. The van der Waals surface area contributed by atoms with Crippen molar-refractivity contribution in [2.75, 3.05) is 0 Å². The summed E-state index contributed by atoms with van der Waals surface area (Å²) in [5, 5.41) is 8.94. The zero-order chi connectivity index (χ0) is 17.0. The van der Waals surface area contributed by atoms with Crippen LogP contribution in [0.1, 0.15) is 32.6 Å². The van der Waals surface area contributed by atoms with Crippen molar-refractivity contribution in [3.8, 4) is 0 Å². The van der Waals surface area contributed by atoms with E-state index in [0.717, 1.165) is 6.42 Å². The second kappa shape index (κ2) is 3.96. The zero-order valence-corrected chi connectivity index (χ0v) is 13.8. The molecule has 4 N–H and O–H groups in total. The quantitative estimate of drug-likeness (QED) is 0.155. The summed E-state index contributed by atoms with van der Waals surface area (Å²) in [5.41, 5.74) is 0. The van der Waals surface area contributed by atoms with Gasteiger partial charge in [0.15, 0.2) is 0 Å². The van der Waals surface area contributed by atoms with Crippen LogP contribution < -0.4 is 0 Å². The van der Waals surface area contributed by atoms with Crippen LogP contribution in [0.2, 0.25) is 9.45 Å². The molecule has 8 nitrogen and oxygen atoms in total. The van der Waals surface area contributed by atoms with Crippen LogP contribution in [0.25, 0.3) is 0 Å². The fourth-order valence-electron chi connectivity index (χ4n) is 2.18. The zero-order valence-electron chi connectivity index (χ0n) is 12.2. The molecule has 0 aromatic carbocycles. The Morgan fingerprint density at radius 2 is 1.62 bits per heavy atom. The molecule has 0 aliphatic carbocycles. The van der Waals surface area contributed by atoms with E-state index in [4.69, 9.17) is 5.26 Å². The number of allylic oxidation sites excluding steroid dienone is 2. The van der Waals surface area contributed by atoms with Gasteiger partial charge in [-0.3, -0.25) is 0 Å². The molecule has 0 saturated carbocycles. The van der Waals surface area contributed by atoms with Gasteiger partial charge >= 0.3 is 118 Å². The Hall–Kier alpha value is -0.736. The molecular weight excluding hydrogens is 320 g/mol. The minimum absolute atomic E-state index is 0.289. The Morgan fingerprint density at radius 1 is 1.14 bits per heavy atom. The molecule has 0 radical (unpaired) electrons. The summed E-state index contributed by atoms with van der Waals surface area (Å²) in [7, 11) is 0. The van der Waals surface area contributed by atoms with E-state index in [2.05, 4.69) is 19.9 Å². The Kier molecular flexibility index (Phi) is 3.82. The van der Waals surface area contributed by atoms with Crippen LogP contribution in [0.4, 0.5) is 0 Å². The number of hydrogen-bond acceptors (Lipinski definition) is 5. The fourth-order valence-corrected chi connectivity index (χ4v) is 7.37. The van der Waals surface area contributed by atoms with E-state index in [1.54, 1.807) is 0 Å². The van der Waals surface area contributed by atoms with Crippen LogP contribution in [0.5, 0.6) is 0 Å². The summed E-state index contributed by atoms with van der Waals surface area (Å²) in [5.74, 6) is -1.41. The summed E-state index contributed by atoms with van der Waals surface area (Å²) in [6.07, 6.45) is 2.45. The van der Waals surface area contributed by atoms with Crippen LogP contribution in [-0.4, -0.2) is 22.3 Å². The SMILES string of the molecule is C=C[CH2][Ti](=[O])([OH])([OH])([OH])([CH2]C=C)([O]O)[O]C(=O)CCCCC. The number of carbonyl (C=O) groups excluding carboxylic acids is 1. The molecule has 0 aliphatic rings. The van der Waals surface area contributed by atoms with Crippen molar-refractivity contribution in [2.45, 2.75) is 42.1 Å². The topological polar surface area (TPSA) is 134 Å². The second-order valence-corrected chi connectivity index (χ2v) is 19.1. The van der Waals surface area contributed by atoms with Gasteiger partial charge in [-0.1, -0.05) is 0 Å². The first-order chi connectivity index (χ1) is 9.14. The normalized spacial score (nSPS) is 19.3. The molecule has 0 aliphatic heterocycles. The number of rotatable bonds is 10. The molecule has 0 heterocycles. The fraction of sp³-hybridized carbons (Fsp3) is 0.583. The van der Waals surface area contributed by atoms with Gasteiger partial charge in [0.2, 0.25) is 0 Å². The number of carbonyl (C=O) groups is 1. The summed E-state index contributed by atoms with van der Waals surface area (Å²) >= 11 is -10.2. The molecule has 21 heavy (non-hydrogen) atoms. The third-order valence-corrected chi connectivity index (χ3v) is 11.0. The molecule has 9 heteroatoms. The number of hydrogen-bond donors (Lipinski definition) is 4. The van der Waals surface area contributed by atoms with Crippen molar-refractivity contribution in [1.82, 2.24) is 0 Å². The van der Waals surface area contributed by atoms with Crippen molar-refractivity contribution >= 4 is 5.97 Å². The van der Waals surface area contributed by atoms with Gasteiger partial charge in [-0.15, -0.1) is 0 Å². The van der Waals surface area contributed by atoms with Gasteiger partial charge in [0.25, 0.3) is 0 Å². The molecule has 0 spiro atoms. The molecule has 125 valence electrons. The van der Waals surface area contributed by atoms with Gasteiger partial charge in [0, 0.05) is 0 Å². The predicted molar refractivity (Wildman–Crippen MR) is 71.3 cm³/mol. The van der Waals surface area contributed by atoms with E-state index < -0.39 is 28.8 Å². The van der Waals surface area contributed by atoms with Crippen molar-refractivity contribution in [3.05, 3.63) is 25.3 Å². The Bertz CT molecular complexity index is 598. The molecule has 0 amide bonds. The van der Waals surface area contributed by atoms with E-state index in [9.17, 15) is 19.2 Å². The van der Waals surface area contributed by atoms with Crippen LogP contribution in [0.15, 0.2) is 25.3 Å². The van der Waals surface area contributed by atoms with E-state index in [-0.39, 0.29) is 12.8 Å². The molecule has 0 unspecified atom stereocenters. The van der Waals surface area contributed by atoms with Crippen molar-refractivity contribution in [3.63, 3.8) is 0 Å². The molecule has 0 atom stereocenters. The predicted octanol–water partition coefficient (Wildman–Crippen LogP) is 2.00. The van der Waals surface area contributed by atoms with Crippen LogP contribution >= 0.6 is 0 Å². The molecule has 0 fully saturated rings. The van der Waals surface area contributed by atoms with Crippen LogP contribution in [0, 0.1) is 0 Å². The van der Waals surface area contributed by atoms with Gasteiger partial charge in [-0.05, 0) is 0 Å².